The van der Waals surface area contributed by atoms with Crippen molar-refractivity contribution < 1.29 is 19.1 Å². The Bertz CT molecular complexity index is 1210. The second-order valence-electron chi connectivity index (χ2n) is 8.09. The molecule has 4 rings (SSSR count). The number of methoxy groups -OCH3 is 1. The zero-order valence-corrected chi connectivity index (χ0v) is 20.6. The van der Waals surface area contributed by atoms with E-state index < -0.39 is 5.91 Å². The number of anilines is 2. The highest BCUT2D eigenvalue weighted by Crippen LogP contribution is 2.24. The number of ether oxygens (including phenoxy) is 1. The predicted octanol–water partition coefficient (Wildman–Crippen LogP) is 4.33. The van der Waals surface area contributed by atoms with Crippen LogP contribution < -0.4 is 15.4 Å². The van der Waals surface area contributed by atoms with Gasteiger partial charge in [0.25, 0.3) is 11.8 Å². The lowest BCUT2D eigenvalue weighted by atomic mass is 9.93. The van der Waals surface area contributed by atoms with Crippen LogP contribution in [-0.2, 0) is 4.79 Å². The lowest BCUT2D eigenvalue weighted by Crippen LogP contribution is -2.39. The summed E-state index contributed by atoms with van der Waals surface area (Å²) in [6.07, 6.45) is 1.80. The maximum absolute atomic E-state index is 12.9. The van der Waals surface area contributed by atoms with Crippen LogP contribution in [0.3, 0.4) is 0 Å². The molecule has 11 heteroatoms. The van der Waals surface area contributed by atoms with Crippen molar-refractivity contribution >= 4 is 52.0 Å². The summed E-state index contributed by atoms with van der Waals surface area (Å²) in [6, 6.07) is 13.9. The standard InChI is InChI=1S/C24H24ClN5O4S/c1-34-19-4-2-3-18(14-19)26-20(31)13-15-9-11-30(12-10-15)24(33)23-29-28-22(35-23)21(32)27-17-7-5-16(25)6-8-17/h2-8,14-15H,9-13H2,1H3,(H,26,31)(H,27,32). The fourth-order valence-electron chi connectivity index (χ4n) is 3.77. The molecule has 2 heterocycles. The zero-order valence-electron chi connectivity index (χ0n) is 19.0. The van der Waals surface area contributed by atoms with E-state index in [1.807, 2.05) is 18.2 Å². The van der Waals surface area contributed by atoms with Gasteiger partial charge >= 0.3 is 0 Å². The van der Waals surface area contributed by atoms with Crippen molar-refractivity contribution in [3.05, 3.63) is 63.6 Å². The number of halogens is 1. The minimum absolute atomic E-state index is 0.0662. The number of amides is 3. The second kappa shape index (κ2) is 11.3. The van der Waals surface area contributed by atoms with E-state index in [1.54, 1.807) is 42.3 Å². The van der Waals surface area contributed by atoms with Crippen molar-refractivity contribution in [2.24, 2.45) is 5.92 Å². The molecule has 182 valence electrons. The van der Waals surface area contributed by atoms with E-state index in [4.69, 9.17) is 16.3 Å². The molecule has 1 aliphatic rings. The summed E-state index contributed by atoms with van der Waals surface area (Å²) >= 11 is 6.81. The third kappa shape index (κ3) is 6.55. The van der Waals surface area contributed by atoms with E-state index in [-0.39, 0.29) is 27.7 Å². The number of aromatic nitrogens is 2. The van der Waals surface area contributed by atoms with Crippen LogP contribution in [0.15, 0.2) is 48.5 Å². The van der Waals surface area contributed by atoms with Crippen LogP contribution in [0.25, 0.3) is 0 Å². The number of carbonyl (C=O) groups excluding carboxylic acids is 3. The second-order valence-corrected chi connectivity index (χ2v) is 9.51. The molecule has 1 saturated heterocycles. The summed E-state index contributed by atoms with van der Waals surface area (Å²) in [5, 5.41) is 14.2. The Morgan fingerprint density at radius 3 is 2.46 bits per heavy atom. The SMILES string of the molecule is COc1cccc(NC(=O)CC2CCN(C(=O)c3nnc(C(=O)Nc4ccc(Cl)cc4)s3)CC2)c1. The molecule has 0 aliphatic carbocycles. The molecule has 1 aliphatic heterocycles. The van der Waals surface area contributed by atoms with E-state index in [0.29, 0.717) is 54.5 Å². The number of hydrogen-bond donors (Lipinski definition) is 2. The molecular formula is C24H24ClN5O4S. The van der Waals surface area contributed by atoms with Crippen LogP contribution in [0.4, 0.5) is 11.4 Å². The van der Waals surface area contributed by atoms with Gasteiger partial charge in [0, 0.05) is 42.0 Å². The number of nitrogens with one attached hydrogen (secondary N) is 2. The summed E-state index contributed by atoms with van der Waals surface area (Å²) in [5.74, 6) is 0.0946. The normalized spacial score (nSPS) is 13.8. The van der Waals surface area contributed by atoms with Gasteiger partial charge in [0.15, 0.2) is 0 Å². The van der Waals surface area contributed by atoms with E-state index in [0.717, 1.165) is 11.3 Å². The highest BCUT2D eigenvalue weighted by Gasteiger charge is 2.28. The van der Waals surface area contributed by atoms with Crippen molar-refractivity contribution in [3.63, 3.8) is 0 Å². The first-order valence-electron chi connectivity index (χ1n) is 11.0. The number of nitrogens with zero attached hydrogens (tertiary/aromatic N) is 3. The molecule has 35 heavy (non-hydrogen) atoms. The molecule has 1 fully saturated rings. The van der Waals surface area contributed by atoms with Crippen LogP contribution in [0.2, 0.25) is 5.02 Å². The van der Waals surface area contributed by atoms with Crippen LogP contribution >= 0.6 is 22.9 Å². The number of likely N-dealkylation sites (tertiary alicyclic amines) is 1. The Kier molecular flexibility index (Phi) is 7.94. The van der Waals surface area contributed by atoms with Crippen LogP contribution in [0.1, 0.15) is 38.9 Å². The number of hydrogen-bond acceptors (Lipinski definition) is 7. The first-order chi connectivity index (χ1) is 16.9. The average Bonchev–Trinajstić information content (AvgIpc) is 3.36. The number of carbonyl (C=O) groups is 3. The minimum atomic E-state index is -0.440. The summed E-state index contributed by atoms with van der Waals surface area (Å²) in [4.78, 5) is 39.4. The van der Waals surface area contributed by atoms with E-state index in [2.05, 4.69) is 20.8 Å². The quantitative estimate of drug-likeness (QED) is 0.486. The fourth-order valence-corrected chi connectivity index (χ4v) is 4.60. The molecule has 3 aromatic rings. The molecular weight excluding hydrogens is 490 g/mol. The molecule has 2 N–H and O–H groups in total. The number of piperidine rings is 1. The van der Waals surface area contributed by atoms with E-state index in [1.165, 1.54) is 0 Å². The number of benzene rings is 2. The van der Waals surface area contributed by atoms with Crippen molar-refractivity contribution in [1.82, 2.24) is 15.1 Å². The summed E-state index contributed by atoms with van der Waals surface area (Å²) in [7, 11) is 1.58. The maximum atomic E-state index is 12.9. The Hall–Kier alpha value is -3.50. The lowest BCUT2D eigenvalue weighted by Gasteiger charge is -2.31. The van der Waals surface area contributed by atoms with Gasteiger partial charge in [0.1, 0.15) is 5.75 Å². The monoisotopic (exact) mass is 513 g/mol. The van der Waals surface area contributed by atoms with Gasteiger partial charge in [-0.15, -0.1) is 10.2 Å². The van der Waals surface area contributed by atoms with Gasteiger partial charge in [-0.1, -0.05) is 29.0 Å². The molecule has 0 bridgehead atoms. The van der Waals surface area contributed by atoms with Crippen LogP contribution in [-0.4, -0.2) is 53.0 Å². The smallest absolute Gasteiger partial charge is 0.286 e. The van der Waals surface area contributed by atoms with Gasteiger partial charge in [0.05, 0.1) is 7.11 Å². The molecule has 2 aromatic carbocycles. The fraction of sp³-hybridized carbons (Fsp3) is 0.292. The highest BCUT2D eigenvalue weighted by molar-refractivity contribution is 7.15. The molecule has 1 aromatic heterocycles. The first kappa shape index (κ1) is 24.6. The Labute approximate surface area is 211 Å². The van der Waals surface area contributed by atoms with Gasteiger partial charge in [-0.05, 0) is 55.2 Å². The van der Waals surface area contributed by atoms with Crippen molar-refractivity contribution in [2.45, 2.75) is 19.3 Å². The third-order valence-electron chi connectivity index (χ3n) is 5.63. The first-order valence-corrected chi connectivity index (χ1v) is 12.2. The highest BCUT2D eigenvalue weighted by atomic mass is 35.5. The Morgan fingerprint density at radius 1 is 1.03 bits per heavy atom. The number of rotatable bonds is 7. The minimum Gasteiger partial charge on any atom is -0.497 e. The molecule has 0 unspecified atom stereocenters. The van der Waals surface area contributed by atoms with E-state index >= 15 is 0 Å². The van der Waals surface area contributed by atoms with Crippen LogP contribution in [0, 0.1) is 5.92 Å². The largest absolute Gasteiger partial charge is 0.497 e. The third-order valence-corrected chi connectivity index (χ3v) is 6.80. The van der Waals surface area contributed by atoms with Gasteiger partial charge < -0.3 is 20.3 Å². The zero-order chi connectivity index (χ0) is 24.8. The average molecular weight is 514 g/mol. The van der Waals surface area contributed by atoms with E-state index in [9.17, 15) is 14.4 Å². The van der Waals surface area contributed by atoms with Gasteiger partial charge in [0.2, 0.25) is 15.9 Å². The van der Waals surface area contributed by atoms with Crippen molar-refractivity contribution in [1.29, 1.82) is 0 Å². The Morgan fingerprint density at radius 2 is 1.74 bits per heavy atom. The maximum Gasteiger partial charge on any atom is 0.286 e. The summed E-state index contributed by atoms with van der Waals surface area (Å²) in [5.41, 5.74) is 1.26. The molecule has 0 atom stereocenters. The molecule has 0 radical (unpaired) electrons. The topological polar surface area (TPSA) is 114 Å². The van der Waals surface area contributed by atoms with Gasteiger partial charge in [-0.2, -0.15) is 0 Å². The van der Waals surface area contributed by atoms with Gasteiger partial charge in [-0.25, -0.2) is 0 Å². The molecule has 9 nitrogen and oxygen atoms in total. The molecule has 0 spiro atoms. The Balaban J connectivity index is 1.26. The molecule has 0 saturated carbocycles. The lowest BCUT2D eigenvalue weighted by molar-refractivity contribution is -0.117. The van der Waals surface area contributed by atoms with Crippen molar-refractivity contribution in [2.75, 3.05) is 30.8 Å². The molecule has 3 amide bonds. The predicted molar refractivity (Wildman–Crippen MR) is 134 cm³/mol. The summed E-state index contributed by atoms with van der Waals surface area (Å²) < 4.78 is 5.18. The van der Waals surface area contributed by atoms with Crippen molar-refractivity contribution in [3.8, 4) is 5.75 Å². The summed E-state index contributed by atoms with van der Waals surface area (Å²) in [6.45, 7) is 1.03. The van der Waals surface area contributed by atoms with Gasteiger partial charge in [-0.3, -0.25) is 14.4 Å². The van der Waals surface area contributed by atoms with Crippen LogP contribution in [0.5, 0.6) is 5.75 Å².